The minimum Gasteiger partial charge on any atom is -0.380 e. The highest BCUT2D eigenvalue weighted by Crippen LogP contribution is 2.36. The van der Waals surface area contributed by atoms with Crippen molar-refractivity contribution in [2.24, 2.45) is 5.73 Å². The van der Waals surface area contributed by atoms with Crippen molar-refractivity contribution in [2.45, 2.75) is 75.5 Å². The predicted molar refractivity (Wildman–Crippen MR) is 102 cm³/mol. The SMILES string of the molecule is CO[C@@H]1CC[C@H](c2nc(C3CCCC3)nn2Cc2ccccc2)C[C@H]1N. The largest absolute Gasteiger partial charge is 0.380 e. The third kappa shape index (κ3) is 3.69. The first-order chi connectivity index (χ1) is 12.7. The molecule has 2 fully saturated rings. The van der Waals surface area contributed by atoms with E-state index in [-0.39, 0.29) is 12.1 Å². The molecule has 0 aliphatic heterocycles. The number of nitrogens with zero attached hydrogens (tertiary/aromatic N) is 3. The zero-order valence-corrected chi connectivity index (χ0v) is 15.7. The second kappa shape index (κ2) is 7.89. The maximum absolute atomic E-state index is 6.37. The fraction of sp³-hybridized carbons (Fsp3) is 0.619. The molecule has 0 saturated heterocycles. The second-order valence-electron chi connectivity index (χ2n) is 7.90. The Morgan fingerprint density at radius 2 is 1.85 bits per heavy atom. The molecule has 0 unspecified atom stereocenters. The molecule has 140 valence electrons. The van der Waals surface area contributed by atoms with Crippen LogP contribution in [-0.4, -0.2) is 34.0 Å². The molecular formula is C21H30N4O. The van der Waals surface area contributed by atoms with Crippen molar-refractivity contribution in [3.63, 3.8) is 0 Å². The van der Waals surface area contributed by atoms with Gasteiger partial charge in [0.05, 0.1) is 12.6 Å². The Morgan fingerprint density at radius 1 is 1.08 bits per heavy atom. The van der Waals surface area contributed by atoms with Crippen molar-refractivity contribution in [1.82, 2.24) is 14.8 Å². The molecule has 2 saturated carbocycles. The lowest BCUT2D eigenvalue weighted by molar-refractivity contribution is 0.0480. The number of benzene rings is 1. The van der Waals surface area contributed by atoms with Gasteiger partial charge in [0, 0.05) is 25.0 Å². The Balaban J connectivity index is 1.61. The van der Waals surface area contributed by atoms with Gasteiger partial charge in [0.2, 0.25) is 0 Å². The maximum atomic E-state index is 6.37. The van der Waals surface area contributed by atoms with Crippen molar-refractivity contribution in [3.05, 3.63) is 47.5 Å². The van der Waals surface area contributed by atoms with Crippen LogP contribution in [0.5, 0.6) is 0 Å². The van der Waals surface area contributed by atoms with E-state index in [0.29, 0.717) is 11.8 Å². The van der Waals surface area contributed by atoms with Gasteiger partial charge in [-0.2, -0.15) is 5.10 Å². The summed E-state index contributed by atoms with van der Waals surface area (Å²) in [7, 11) is 1.76. The molecule has 4 rings (SSSR count). The topological polar surface area (TPSA) is 66.0 Å². The third-order valence-corrected chi connectivity index (χ3v) is 6.11. The molecule has 1 heterocycles. The molecule has 3 atom stereocenters. The van der Waals surface area contributed by atoms with E-state index >= 15 is 0 Å². The smallest absolute Gasteiger partial charge is 0.154 e. The summed E-state index contributed by atoms with van der Waals surface area (Å²) in [6, 6.07) is 10.6. The average Bonchev–Trinajstić information content (AvgIpc) is 3.32. The van der Waals surface area contributed by atoms with Crippen molar-refractivity contribution in [1.29, 1.82) is 0 Å². The summed E-state index contributed by atoms with van der Waals surface area (Å²) in [5, 5.41) is 4.96. The van der Waals surface area contributed by atoms with Crippen LogP contribution in [0.15, 0.2) is 30.3 Å². The Morgan fingerprint density at radius 3 is 2.54 bits per heavy atom. The van der Waals surface area contributed by atoms with Crippen molar-refractivity contribution >= 4 is 0 Å². The van der Waals surface area contributed by atoms with Crippen molar-refractivity contribution < 1.29 is 4.74 Å². The fourth-order valence-corrected chi connectivity index (χ4v) is 4.61. The van der Waals surface area contributed by atoms with Crippen LogP contribution >= 0.6 is 0 Å². The van der Waals surface area contributed by atoms with E-state index in [9.17, 15) is 0 Å². The Hall–Kier alpha value is -1.72. The first-order valence-corrected chi connectivity index (χ1v) is 10.0. The minimum absolute atomic E-state index is 0.0792. The molecule has 5 heteroatoms. The van der Waals surface area contributed by atoms with E-state index in [2.05, 4.69) is 35.0 Å². The first kappa shape index (κ1) is 17.7. The zero-order chi connectivity index (χ0) is 17.9. The van der Waals surface area contributed by atoms with E-state index in [1.165, 1.54) is 31.2 Å². The number of hydrogen-bond donors (Lipinski definition) is 1. The molecule has 5 nitrogen and oxygen atoms in total. The molecule has 2 aliphatic rings. The number of methoxy groups -OCH3 is 1. The number of rotatable bonds is 5. The first-order valence-electron chi connectivity index (χ1n) is 10.0. The van der Waals surface area contributed by atoms with Gasteiger partial charge in [0.15, 0.2) is 5.82 Å². The molecule has 2 aliphatic carbocycles. The van der Waals surface area contributed by atoms with E-state index in [0.717, 1.165) is 37.5 Å². The van der Waals surface area contributed by atoms with Gasteiger partial charge in [-0.15, -0.1) is 0 Å². The van der Waals surface area contributed by atoms with E-state index in [1.807, 2.05) is 0 Å². The highest BCUT2D eigenvalue weighted by Gasteiger charge is 2.33. The molecule has 1 aromatic carbocycles. The quantitative estimate of drug-likeness (QED) is 0.891. The van der Waals surface area contributed by atoms with Crippen LogP contribution in [0.1, 0.15) is 74.0 Å². The fourth-order valence-electron chi connectivity index (χ4n) is 4.61. The van der Waals surface area contributed by atoms with Gasteiger partial charge in [0.1, 0.15) is 5.82 Å². The Labute approximate surface area is 156 Å². The molecule has 0 amide bonds. The minimum atomic E-state index is 0.0792. The zero-order valence-electron chi connectivity index (χ0n) is 15.7. The lowest BCUT2D eigenvalue weighted by atomic mass is 9.83. The monoisotopic (exact) mass is 354 g/mol. The molecule has 26 heavy (non-hydrogen) atoms. The summed E-state index contributed by atoms with van der Waals surface area (Å²) in [6.07, 6.45) is 8.23. The molecule has 2 aromatic rings. The summed E-state index contributed by atoms with van der Waals surface area (Å²) < 4.78 is 7.68. The van der Waals surface area contributed by atoms with Crippen molar-refractivity contribution in [3.8, 4) is 0 Å². The molecule has 0 bridgehead atoms. The summed E-state index contributed by atoms with van der Waals surface area (Å²) in [5.41, 5.74) is 7.64. The Bertz CT molecular complexity index is 708. The normalized spacial score (nSPS) is 27.1. The van der Waals surface area contributed by atoms with E-state index in [1.54, 1.807) is 7.11 Å². The van der Waals surface area contributed by atoms with Gasteiger partial charge in [-0.25, -0.2) is 9.67 Å². The highest BCUT2D eigenvalue weighted by atomic mass is 16.5. The van der Waals surface area contributed by atoms with Gasteiger partial charge in [0.25, 0.3) is 0 Å². The van der Waals surface area contributed by atoms with Crippen LogP contribution in [-0.2, 0) is 11.3 Å². The second-order valence-corrected chi connectivity index (χ2v) is 7.90. The number of hydrogen-bond acceptors (Lipinski definition) is 4. The van der Waals surface area contributed by atoms with Gasteiger partial charge in [-0.3, -0.25) is 0 Å². The van der Waals surface area contributed by atoms with Gasteiger partial charge in [-0.05, 0) is 37.7 Å². The molecule has 0 radical (unpaired) electrons. The van der Waals surface area contributed by atoms with Crippen LogP contribution in [0.4, 0.5) is 0 Å². The number of ether oxygens (including phenoxy) is 1. The van der Waals surface area contributed by atoms with Crippen LogP contribution in [0.25, 0.3) is 0 Å². The van der Waals surface area contributed by atoms with Gasteiger partial charge < -0.3 is 10.5 Å². The average molecular weight is 354 g/mol. The molecule has 2 N–H and O–H groups in total. The molecule has 1 aromatic heterocycles. The molecular weight excluding hydrogens is 324 g/mol. The van der Waals surface area contributed by atoms with Crippen LogP contribution in [0, 0.1) is 0 Å². The van der Waals surface area contributed by atoms with Crippen LogP contribution < -0.4 is 5.73 Å². The van der Waals surface area contributed by atoms with E-state index in [4.69, 9.17) is 20.6 Å². The van der Waals surface area contributed by atoms with Gasteiger partial charge in [-0.1, -0.05) is 43.2 Å². The lowest BCUT2D eigenvalue weighted by Crippen LogP contribution is -2.41. The summed E-state index contributed by atoms with van der Waals surface area (Å²) >= 11 is 0. The predicted octanol–water partition coefficient (Wildman–Crippen LogP) is 3.59. The highest BCUT2D eigenvalue weighted by molar-refractivity contribution is 5.17. The number of nitrogens with two attached hydrogens (primary N) is 1. The molecule has 0 spiro atoms. The third-order valence-electron chi connectivity index (χ3n) is 6.11. The summed E-state index contributed by atoms with van der Waals surface area (Å²) in [5.74, 6) is 3.09. The van der Waals surface area contributed by atoms with Crippen LogP contribution in [0.3, 0.4) is 0 Å². The maximum Gasteiger partial charge on any atom is 0.154 e. The lowest BCUT2D eigenvalue weighted by Gasteiger charge is -2.32. The Kier molecular flexibility index (Phi) is 5.36. The standard InChI is InChI=1S/C21H30N4O/c1-26-19-12-11-17(13-18(19)22)21-23-20(16-9-5-6-10-16)24-25(21)14-15-7-3-2-4-8-15/h2-4,7-8,16-19H,5-6,9-14,22H2,1H3/t17-,18+,19+/m0/s1. The summed E-state index contributed by atoms with van der Waals surface area (Å²) in [6.45, 7) is 0.787. The van der Waals surface area contributed by atoms with E-state index < -0.39 is 0 Å². The van der Waals surface area contributed by atoms with Gasteiger partial charge >= 0.3 is 0 Å². The van der Waals surface area contributed by atoms with Crippen LogP contribution in [0.2, 0.25) is 0 Å². The summed E-state index contributed by atoms with van der Waals surface area (Å²) in [4.78, 5) is 5.05. The number of aromatic nitrogens is 3. The van der Waals surface area contributed by atoms with Crippen molar-refractivity contribution in [2.75, 3.05) is 7.11 Å².